The summed E-state index contributed by atoms with van der Waals surface area (Å²) in [6, 6.07) is 1.86. The lowest BCUT2D eigenvalue weighted by molar-refractivity contribution is -0.137. The van der Waals surface area contributed by atoms with Crippen LogP contribution >= 0.6 is 0 Å². The molecule has 0 rings (SSSR count). The van der Waals surface area contributed by atoms with Crippen LogP contribution in [0.25, 0.3) is 0 Å². The molecule has 0 aliphatic carbocycles. The minimum absolute atomic E-state index is 0.284. The highest BCUT2D eigenvalue weighted by atomic mass is 28.4. The average molecular weight is 274 g/mol. The van der Waals surface area contributed by atoms with Gasteiger partial charge < -0.3 is 13.6 Å². The fourth-order valence-corrected chi connectivity index (χ4v) is 4.57. The Morgan fingerprint density at radius 1 is 1.17 bits per heavy atom. The summed E-state index contributed by atoms with van der Waals surface area (Å²) in [4.78, 5) is 11.1. The van der Waals surface area contributed by atoms with Gasteiger partial charge in [0.15, 0.2) is 0 Å². The van der Waals surface area contributed by atoms with Gasteiger partial charge in [0, 0.05) is 20.3 Å². The maximum Gasteiger partial charge on any atom is 0.337 e. The number of carbonyl (C=O) groups is 1. The number of hydrogen-bond acceptors (Lipinski definition) is 4. The summed E-state index contributed by atoms with van der Waals surface area (Å²) in [6.07, 6.45) is 6.15. The molecule has 106 valence electrons. The highest BCUT2D eigenvalue weighted by Gasteiger charge is 2.33. The Hall–Kier alpha value is -0.653. The van der Waals surface area contributed by atoms with E-state index in [1.165, 1.54) is 6.08 Å². The lowest BCUT2D eigenvalue weighted by atomic mass is 10.4. The normalized spacial score (nSPS) is 12.0. The van der Waals surface area contributed by atoms with Crippen LogP contribution < -0.4 is 0 Å². The topological polar surface area (TPSA) is 44.8 Å². The maximum absolute atomic E-state index is 11.1. The third-order valence-electron chi connectivity index (χ3n) is 2.90. The Morgan fingerprint density at radius 3 is 2.28 bits per heavy atom. The van der Waals surface area contributed by atoms with Crippen molar-refractivity contribution in [2.24, 2.45) is 0 Å². The molecule has 0 N–H and O–H groups in total. The Balaban J connectivity index is 4.00. The number of carbonyl (C=O) groups excluding carboxylic acids is 1. The lowest BCUT2D eigenvalue weighted by Gasteiger charge is -2.27. The van der Waals surface area contributed by atoms with Gasteiger partial charge in [-0.2, -0.15) is 0 Å². The molecule has 0 aromatic rings. The van der Waals surface area contributed by atoms with E-state index in [-0.39, 0.29) is 5.97 Å². The van der Waals surface area contributed by atoms with Gasteiger partial charge in [0.2, 0.25) is 0 Å². The van der Waals surface area contributed by atoms with E-state index in [1.54, 1.807) is 27.2 Å². The molecule has 18 heavy (non-hydrogen) atoms. The first-order valence-electron chi connectivity index (χ1n) is 6.54. The molecule has 0 bridgehead atoms. The van der Waals surface area contributed by atoms with Crippen LogP contribution in [0.3, 0.4) is 0 Å². The molecule has 4 nitrogen and oxygen atoms in total. The van der Waals surface area contributed by atoms with Gasteiger partial charge in [-0.3, -0.25) is 0 Å². The number of hydrogen-bond donors (Lipinski definition) is 0. The Morgan fingerprint density at radius 2 is 1.78 bits per heavy atom. The number of ether oxygens (including phenoxy) is 1. The fourth-order valence-electron chi connectivity index (χ4n) is 1.76. The smallest absolute Gasteiger partial charge is 0.337 e. The summed E-state index contributed by atoms with van der Waals surface area (Å²) < 4.78 is 16.3. The third kappa shape index (κ3) is 6.93. The number of allylic oxidation sites excluding steroid dienone is 1. The number of rotatable bonds is 10. The van der Waals surface area contributed by atoms with Crippen molar-refractivity contribution in [2.45, 2.75) is 45.2 Å². The minimum atomic E-state index is -2.06. The first kappa shape index (κ1) is 17.3. The van der Waals surface area contributed by atoms with Crippen LogP contribution in [0.2, 0.25) is 12.1 Å². The molecule has 0 atom stereocenters. The molecule has 0 aliphatic heterocycles. The molecular weight excluding hydrogens is 248 g/mol. The second-order valence-corrected chi connectivity index (χ2v) is 7.83. The summed E-state index contributed by atoms with van der Waals surface area (Å²) in [5.74, 6) is -0.284. The van der Waals surface area contributed by atoms with Crippen LogP contribution in [0.5, 0.6) is 0 Å². The summed E-state index contributed by atoms with van der Waals surface area (Å²) >= 11 is 0. The van der Waals surface area contributed by atoms with Gasteiger partial charge in [0.05, 0.1) is 6.61 Å². The van der Waals surface area contributed by atoms with E-state index in [1.807, 2.05) is 0 Å². The Labute approximate surface area is 112 Å². The van der Waals surface area contributed by atoms with E-state index >= 15 is 0 Å². The lowest BCUT2D eigenvalue weighted by Crippen LogP contribution is -2.40. The Bertz CT molecular complexity index is 249. The van der Waals surface area contributed by atoms with Crippen LogP contribution in [-0.2, 0) is 18.4 Å². The monoisotopic (exact) mass is 274 g/mol. The van der Waals surface area contributed by atoms with Crippen LogP contribution in [-0.4, -0.2) is 35.4 Å². The van der Waals surface area contributed by atoms with E-state index in [4.69, 9.17) is 13.6 Å². The average Bonchev–Trinajstić information content (AvgIpc) is 2.39. The fraction of sp³-hybridized carbons (Fsp3) is 0.769. The van der Waals surface area contributed by atoms with Crippen molar-refractivity contribution in [2.75, 3.05) is 20.8 Å². The van der Waals surface area contributed by atoms with Crippen molar-refractivity contribution in [3.8, 4) is 0 Å². The summed E-state index contributed by atoms with van der Waals surface area (Å²) in [5, 5.41) is 0. The molecular formula is C13H26O4Si. The van der Waals surface area contributed by atoms with Gasteiger partial charge in [0.25, 0.3) is 0 Å². The molecule has 0 aromatic carbocycles. The summed E-state index contributed by atoms with van der Waals surface area (Å²) in [6.45, 7) is 4.37. The van der Waals surface area contributed by atoms with Crippen molar-refractivity contribution in [1.29, 1.82) is 0 Å². The zero-order valence-electron chi connectivity index (χ0n) is 12.0. The number of esters is 1. The van der Waals surface area contributed by atoms with Gasteiger partial charge in [0.1, 0.15) is 0 Å². The molecule has 0 aliphatic rings. The van der Waals surface area contributed by atoms with E-state index in [0.29, 0.717) is 6.61 Å². The van der Waals surface area contributed by atoms with E-state index in [2.05, 4.69) is 6.92 Å². The third-order valence-corrected chi connectivity index (χ3v) is 6.62. The van der Waals surface area contributed by atoms with Gasteiger partial charge in [-0.1, -0.05) is 25.8 Å². The second kappa shape index (κ2) is 10.3. The number of unbranched alkanes of at least 4 members (excludes halogenated alkanes) is 1. The molecule has 0 saturated heterocycles. The van der Waals surface area contributed by atoms with Crippen molar-refractivity contribution in [1.82, 2.24) is 0 Å². The molecule has 5 heteroatoms. The largest absolute Gasteiger partial charge is 0.463 e. The highest BCUT2D eigenvalue weighted by Crippen LogP contribution is 2.22. The van der Waals surface area contributed by atoms with E-state index < -0.39 is 8.56 Å². The van der Waals surface area contributed by atoms with Gasteiger partial charge >= 0.3 is 14.5 Å². The summed E-state index contributed by atoms with van der Waals surface area (Å²) in [7, 11) is 1.37. The molecule has 0 aromatic heterocycles. The van der Waals surface area contributed by atoms with Gasteiger partial charge in [-0.05, 0) is 25.4 Å². The SMILES string of the molecule is CC=CC(=O)OCCC[Si](CCCC)(OC)OC. The van der Waals surface area contributed by atoms with Crippen LogP contribution in [0.1, 0.15) is 33.1 Å². The van der Waals surface area contributed by atoms with Crippen LogP contribution in [0.4, 0.5) is 0 Å². The molecule has 0 radical (unpaired) electrons. The summed E-state index contributed by atoms with van der Waals surface area (Å²) in [5.41, 5.74) is 0. The predicted molar refractivity (Wildman–Crippen MR) is 74.7 cm³/mol. The molecule has 0 heterocycles. The van der Waals surface area contributed by atoms with Gasteiger partial charge in [-0.15, -0.1) is 0 Å². The minimum Gasteiger partial charge on any atom is -0.463 e. The van der Waals surface area contributed by atoms with Crippen LogP contribution in [0.15, 0.2) is 12.2 Å². The van der Waals surface area contributed by atoms with E-state index in [9.17, 15) is 4.79 Å². The van der Waals surface area contributed by atoms with Crippen molar-refractivity contribution < 1.29 is 18.4 Å². The first-order chi connectivity index (χ1) is 8.64. The predicted octanol–water partition coefficient (Wildman–Crippen LogP) is 3.03. The zero-order chi connectivity index (χ0) is 13.9. The van der Waals surface area contributed by atoms with Crippen molar-refractivity contribution in [3.05, 3.63) is 12.2 Å². The maximum atomic E-state index is 11.1. The quantitative estimate of drug-likeness (QED) is 0.266. The van der Waals surface area contributed by atoms with Crippen molar-refractivity contribution >= 4 is 14.5 Å². The second-order valence-electron chi connectivity index (χ2n) is 4.19. The van der Waals surface area contributed by atoms with Crippen molar-refractivity contribution in [3.63, 3.8) is 0 Å². The Kier molecular flexibility index (Phi) is 9.91. The standard InChI is InChI=1S/C13H26O4Si/c1-5-7-11-18(15-3,16-4)12-8-10-17-13(14)9-6-2/h6,9H,5,7-8,10-12H2,1-4H3. The molecule has 0 spiro atoms. The van der Waals surface area contributed by atoms with E-state index in [0.717, 1.165) is 31.4 Å². The van der Waals surface area contributed by atoms with Gasteiger partial charge in [-0.25, -0.2) is 4.79 Å². The zero-order valence-corrected chi connectivity index (χ0v) is 13.0. The van der Waals surface area contributed by atoms with Crippen LogP contribution in [0, 0.1) is 0 Å². The molecule has 0 fully saturated rings. The molecule has 0 amide bonds. The first-order valence-corrected chi connectivity index (χ1v) is 8.77. The molecule has 0 saturated carbocycles. The highest BCUT2D eigenvalue weighted by molar-refractivity contribution is 6.67. The molecule has 0 unspecified atom stereocenters.